The molecule has 1 aliphatic carbocycles. The molecule has 2 atom stereocenters. The summed E-state index contributed by atoms with van der Waals surface area (Å²) in [6.07, 6.45) is 2.14. The van der Waals surface area contributed by atoms with Crippen LogP contribution in [0.3, 0.4) is 0 Å². The zero-order valence-electron chi connectivity index (χ0n) is 22.5. The van der Waals surface area contributed by atoms with Crippen molar-refractivity contribution in [3.8, 4) is 0 Å². The molecule has 0 spiro atoms. The summed E-state index contributed by atoms with van der Waals surface area (Å²) < 4.78 is 0. The minimum absolute atomic E-state index is 0.299. The summed E-state index contributed by atoms with van der Waals surface area (Å²) in [6.45, 7) is 5.27. The maximum atomic E-state index is 12.5. The van der Waals surface area contributed by atoms with Crippen LogP contribution in [0.1, 0.15) is 48.8 Å². The van der Waals surface area contributed by atoms with E-state index in [-0.39, 0.29) is 5.41 Å². The maximum absolute atomic E-state index is 12.5. The quantitative estimate of drug-likeness (QED) is 0.321. The predicted octanol–water partition coefficient (Wildman–Crippen LogP) is 7.52. The molecule has 1 aliphatic heterocycles. The SMILES string of the molecule is CC(=O)C1(c2ccccc2)CCN(C[C@@H]2C[C@@H]2c2ccc(Cl)c(Cl)c2)CC1.CN(Cc1ccccc1)C(=O)O. The number of carbonyl (C=O) groups is 2. The molecule has 1 N–H and O–H groups in total. The van der Waals surface area contributed by atoms with E-state index in [1.54, 1.807) is 14.0 Å². The van der Waals surface area contributed by atoms with Gasteiger partial charge in [0.15, 0.2) is 0 Å². The van der Waals surface area contributed by atoms with Crippen LogP contribution in [-0.2, 0) is 16.8 Å². The number of carbonyl (C=O) groups excluding carboxylic acids is 1. The third-order valence-electron chi connectivity index (χ3n) is 8.09. The van der Waals surface area contributed by atoms with Crippen molar-refractivity contribution >= 4 is 35.1 Å². The van der Waals surface area contributed by atoms with E-state index in [0.717, 1.165) is 38.0 Å². The minimum atomic E-state index is -0.904. The van der Waals surface area contributed by atoms with E-state index in [1.807, 2.05) is 60.7 Å². The van der Waals surface area contributed by atoms with Crippen LogP contribution in [0.4, 0.5) is 4.79 Å². The Kier molecular flexibility index (Phi) is 9.71. The zero-order chi connectivity index (χ0) is 28.0. The first-order valence-corrected chi connectivity index (χ1v) is 14.2. The van der Waals surface area contributed by atoms with Crippen molar-refractivity contribution in [2.24, 2.45) is 5.92 Å². The number of hydrogen-bond donors (Lipinski definition) is 1. The standard InChI is InChI=1S/C23H25Cl2NO.C9H11NO2/c1-16(27)23(19-5-3-2-4-6-19)9-11-26(12-10-23)15-18-13-20(18)17-7-8-21(24)22(25)14-17;1-10(9(11)12)7-8-5-3-2-4-6-8/h2-8,14,18,20H,9-13,15H2,1H3;2-6H,7H2,1H3,(H,11,12)/t18-,20+;/m0./s1. The third-order valence-corrected chi connectivity index (χ3v) is 8.83. The lowest BCUT2D eigenvalue weighted by atomic mass is 9.70. The van der Waals surface area contributed by atoms with Crippen molar-refractivity contribution in [2.75, 3.05) is 26.7 Å². The molecule has 3 aromatic rings. The van der Waals surface area contributed by atoms with E-state index in [1.165, 1.54) is 22.4 Å². The lowest BCUT2D eigenvalue weighted by molar-refractivity contribution is -0.124. The summed E-state index contributed by atoms with van der Waals surface area (Å²) in [5.74, 6) is 1.57. The van der Waals surface area contributed by atoms with E-state index in [4.69, 9.17) is 28.3 Å². The Bertz CT molecular complexity index is 1260. The molecule has 1 heterocycles. The Morgan fingerprint density at radius 2 is 1.56 bits per heavy atom. The molecule has 1 saturated heterocycles. The number of carboxylic acid groups (broad SMARTS) is 1. The summed E-state index contributed by atoms with van der Waals surface area (Å²) in [5.41, 5.74) is 3.18. The predicted molar refractivity (Wildman–Crippen MR) is 158 cm³/mol. The van der Waals surface area contributed by atoms with Gasteiger partial charge in [-0.25, -0.2) is 4.79 Å². The van der Waals surface area contributed by atoms with Gasteiger partial charge in [0.25, 0.3) is 0 Å². The Labute approximate surface area is 241 Å². The second-order valence-corrected chi connectivity index (χ2v) is 11.5. The second-order valence-electron chi connectivity index (χ2n) is 10.7. The lowest BCUT2D eigenvalue weighted by Crippen LogP contribution is -2.47. The van der Waals surface area contributed by atoms with Gasteiger partial charge in [0.05, 0.1) is 15.5 Å². The molecule has 2 aliphatic rings. The molecule has 3 aromatic carbocycles. The fraction of sp³-hybridized carbons (Fsp3) is 0.375. The van der Waals surface area contributed by atoms with Crippen LogP contribution in [0.2, 0.25) is 10.0 Å². The van der Waals surface area contributed by atoms with Gasteiger partial charge < -0.3 is 14.9 Å². The Hall–Kier alpha value is -2.86. The van der Waals surface area contributed by atoms with Crippen molar-refractivity contribution < 1.29 is 14.7 Å². The monoisotopic (exact) mass is 566 g/mol. The highest BCUT2D eigenvalue weighted by Gasteiger charge is 2.43. The first-order valence-electron chi connectivity index (χ1n) is 13.4. The number of nitrogens with zero attached hydrogens (tertiary/aromatic N) is 2. The number of benzene rings is 3. The molecule has 39 heavy (non-hydrogen) atoms. The number of likely N-dealkylation sites (tertiary alicyclic amines) is 1. The van der Waals surface area contributed by atoms with Gasteiger partial charge in [0, 0.05) is 20.1 Å². The number of Topliss-reactive ketones (excluding diaryl/α,β-unsaturated/α-hetero) is 1. The second kappa shape index (κ2) is 13.0. The molecule has 0 unspecified atom stereocenters. The third kappa shape index (κ3) is 7.42. The molecule has 1 saturated carbocycles. The molecule has 5 rings (SSSR count). The Morgan fingerprint density at radius 3 is 2.13 bits per heavy atom. The van der Waals surface area contributed by atoms with Crippen LogP contribution in [-0.4, -0.2) is 53.5 Å². The lowest BCUT2D eigenvalue weighted by Gasteiger charge is -2.40. The van der Waals surface area contributed by atoms with Gasteiger partial charge in [-0.1, -0.05) is 89.9 Å². The van der Waals surface area contributed by atoms with Crippen molar-refractivity contribution in [1.82, 2.24) is 9.80 Å². The molecular weight excluding hydrogens is 531 g/mol. The van der Waals surface area contributed by atoms with Gasteiger partial charge in [-0.15, -0.1) is 0 Å². The molecule has 0 radical (unpaired) electrons. The number of hydrogen-bond acceptors (Lipinski definition) is 3. The smallest absolute Gasteiger partial charge is 0.407 e. The number of ketones is 1. The molecular formula is C32H36Cl2N2O3. The largest absolute Gasteiger partial charge is 0.465 e. The zero-order valence-corrected chi connectivity index (χ0v) is 24.0. The molecule has 5 nitrogen and oxygen atoms in total. The molecule has 7 heteroatoms. The highest BCUT2D eigenvalue weighted by atomic mass is 35.5. The van der Waals surface area contributed by atoms with Crippen LogP contribution < -0.4 is 0 Å². The average Bonchev–Trinajstić information content (AvgIpc) is 3.71. The van der Waals surface area contributed by atoms with Crippen molar-refractivity contribution in [1.29, 1.82) is 0 Å². The summed E-state index contributed by atoms with van der Waals surface area (Å²) >= 11 is 12.2. The van der Waals surface area contributed by atoms with Gasteiger partial charge in [-0.3, -0.25) is 4.79 Å². The van der Waals surface area contributed by atoms with Crippen molar-refractivity contribution in [3.05, 3.63) is 106 Å². The van der Waals surface area contributed by atoms with Crippen molar-refractivity contribution in [3.63, 3.8) is 0 Å². The van der Waals surface area contributed by atoms with Gasteiger partial charge in [0.2, 0.25) is 0 Å². The highest BCUT2D eigenvalue weighted by molar-refractivity contribution is 6.42. The minimum Gasteiger partial charge on any atom is -0.465 e. The van der Waals surface area contributed by atoms with Gasteiger partial charge >= 0.3 is 6.09 Å². The summed E-state index contributed by atoms with van der Waals surface area (Å²) in [5, 5.41) is 9.84. The first kappa shape index (κ1) is 29.1. The fourth-order valence-electron chi connectivity index (χ4n) is 5.58. The number of amides is 1. The van der Waals surface area contributed by atoms with Gasteiger partial charge in [-0.05, 0) is 79.9 Å². The molecule has 0 bridgehead atoms. The molecule has 0 aromatic heterocycles. The van der Waals surface area contributed by atoms with Gasteiger partial charge in [0.1, 0.15) is 5.78 Å². The summed E-state index contributed by atoms with van der Waals surface area (Å²) in [7, 11) is 1.55. The van der Waals surface area contributed by atoms with E-state index in [2.05, 4.69) is 23.1 Å². The topological polar surface area (TPSA) is 60.9 Å². The summed E-state index contributed by atoms with van der Waals surface area (Å²) in [4.78, 5) is 26.7. The van der Waals surface area contributed by atoms with Crippen LogP contribution in [0, 0.1) is 5.92 Å². The van der Waals surface area contributed by atoms with Crippen LogP contribution in [0.5, 0.6) is 0 Å². The molecule has 1 amide bonds. The van der Waals surface area contributed by atoms with Crippen LogP contribution in [0.25, 0.3) is 0 Å². The average molecular weight is 568 g/mol. The Morgan fingerprint density at radius 1 is 0.949 bits per heavy atom. The first-order chi connectivity index (χ1) is 18.7. The van der Waals surface area contributed by atoms with E-state index in [9.17, 15) is 9.59 Å². The van der Waals surface area contributed by atoms with E-state index >= 15 is 0 Å². The van der Waals surface area contributed by atoms with Crippen LogP contribution in [0.15, 0.2) is 78.9 Å². The van der Waals surface area contributed by atoms with E-state index < -0.39 is 6.09 Å². The highest BCUT2D eigenvalue weighted by Crippen LogP contribution is 2.49. The van der Waals surface area contributed by atoms with Gasteiger partial charge in [-0.2, -0.15) is 0 Å². The summed E-state index contributed by atoms with van der Waals surface area (Å²) in [6, 6.07) is 25.8. The fourth-order valence-corrected chi connectivity index (χ4v) is 5.88. The molecule has 206 valence electrons. The number of halogens is 2. The number of rotatable bonds is 7. The van der Waals surface area contributed by atoms with Crippen LogP contribution >= 0.6 is 23.2 Å². The maximum Gasteiger partial charge on any atom is 0.407 e. The number of piperidine rings is 1. The van der Waals surface area contributed by atoms with Crippen molar-refractivity contribution in [2.45, 2.75) is 44.1 Å². The molecule has 2 fully saturated rings. The normalized spacial score (nSPS) is 19.9. The Balaban J connectivity index is 0.000000247. The van der Waals surface area contributed by atoms with E-state index in [0.29, 0.717) is 34.2 Å².